The number of anilines is 2. The van der Waals surface area contributed by atoms with E-state index in [-0.39, 0.29) is 12.2 Å². The smallest absolute Gasteiger partial charge is 0.384 e. The van der Waals surface area contributed by atoms with Crippen LogP contribution >= 0.6 is 0 Å². The van der Waals surface area contributed by atoms with Crippen molar-refractivity contribution >= 4 is 29.2 Å². The fourth-order valence-corrected chi connectivity index (χ4v) is 4.50. The second-order valence-corrected chi connectivity index (χ2v) is 8.87. The molecule has 2 aliphatic rings. The number of imide groups is 1. The molecule has 0 spiro atoms. The van der Waals surface area contributed by atoms with Crippen LogP contribution in [-0.4, -0.2) is 46.9 Å². The van der Waals surface area contributed by atoms with Gasteiger partial charge in [0, 0.05) is 25.4 Å². The van der Waals surface area contributed by atoms with Crippen molar-refractivity contribution in [2.45, 2.75) is 37.9 Å². The van der Waals surface area contributed by atoms with Crippen LogP contribution in [0.5, 0.6) is 0 Å². The molecule has 7 nitrogen and oxygen atoms in total. The number of aromatic nitrogens is 1. The summed E-state index contributed by atoms with van der Waals surface area (Å²) in [4.78, 5) is 45.3. The first-order chi connectivity index (χ1) is 16.1. The molecule has 3 amide bonds. The number of rotatable bonds is 7. The number of hydrogen-bond acceptors (Lipinski definition) is 5. The molecule has 10 heteroatoms. The van der Waals surface area contributed by atoms with Crippen LogP contribution in [0.3, 0.4) is 0 Å². The summed E-state index contributed by atoms with van der Waals surface area (Å²) in [7, 11) is 1.51. The Labute approximate surface area is 194 Å². The molecule has 34 heavy (non-hydrogen) atoms. The zero-order valence-electron chi connectivity index (χ0n) is 18.5. The van der Waals surface area contributed by atoms with Crippen LogP contribution in [0.4, 0.5) is 24.7 Å². The summed E-state index contributed by atoms with van der Waals surface area (Å²) in [5.74, 6) is -5.25. The highest BCUT2D eigenvalue weighted by Gasteiger charge is 2.57. The third-order valence-electron chi connectivity index (χ3n) is 6.52. The van der Waals surface area contributed by atoms with E-state index in [2.05, 4.69) is 4.98 Å². The van der Waals surface area contributed by atoms with Gasteiger partial charge in [-0.2, -0.15) is 13.2 Å². The van der Waals surface area contributed by atoms with Crippen molar-refractivity contribution in [2.75, 3.05) is 17.7 Å². The molecule has 180 valence electrons. The highest BCUT2D eigenvalue weighted by Crippen LogP contribution is 2.47. The molecule has 2 aromatic rings. The number of likely N-dealkylation sites (N-methyl/N-ethyl adjacent to an activating group) is 1. The molecule has 2 fully saturated rings. The molecule has 2 N–H and O–H groups in total. The fourth-order valence-electron chi connectivity index (χ4n) is 4.50. The number of nitrogens with two attached hydrogens (primary N) is 1. The number of hydrogen-bond donors (Lipinski definition) is 1. The van der Waals surface area contributed by atoms with E-state index in [1.165, 1.54) is 18.1 Å². The Morgan fingerprint density at radius 3 is 2.47 bits per heavy atom. The quantitative estimate of drug-likeness (QED) is 0.622. The van der Waals surface area contributed by atoms with E-state index in [9.17, 15) is 27.6 Å². The first kappa shape index (κ1) is 23.7. The van der Waals surface area contributed by atoms with Crippen molar-refractivity contribution in [3.8, 4) is 0 Å². The summed E-state index contributed by atoms with van der Waals surface area (Å²) in [6.45, 7) is 0. The van der Waals surface area contributed by atoms with Crippen molar-refractivity contribution in [3.63, 3.8) is 0 Å². The van der Waals surface area contributed by atoms with Gasteiger partial charge in [-0.3, -0.25) is 19.3 Å². The standard InChI is InChI=1S/C24H25F3N4O3/c1-30(16-5-3-2-4-6-16)23(34)21-17(11-14-9-10-29-19(28)12-14)22(33)31(21)20(32)13-18(15-7-8-15)24(25,26)27/h2-6,9-10,12,15,17-18,21H,7-8,11,13H2,1H3,(H2,28,29)/t17-,18+,21+/m1/s1. The van der Waals surface area contributed by atoms with Crippen LogP contribution in [0.25, 0.3) is 0 Å². The molecule has 0 bridgehead atoms. The summed E-state index contributed by atoms with van der Waals surface area (Å²) >= 11 is 0. The number of carbonyl (C=O) groups excluding carboxylic acids is 3. The van der Waals surface area contributed by atoms with Crippen LogP contribution in [0.2, 0.25) is 0 Å². The topological polar surface area (TPSA) is 96.6 Å². The van der Waals surface area contributed by atoms with Gasteiger partial charge in [-0.15, -0.1) is 0 Å². The average Bonchev–Trinajstić information content (AvgIpc) is 3.63. The van der Waals surface area contributed by atoms with Gasteiger partial charge in [0.1, 0.15) is 11.9 Å². The Morgan fingerprint density at radius 2 is 1.88 bits per heavy atom. The first-order valence-electron chi connectivity index (χ1n) is 11.0. The van der Waals surface area contributed by atoms with Crippen molar-refractivity contribution in [2.24, 2.45) is 17.8 Å². The molecule has 2 heterocycles. The van der Waals surface area contributed by atoms with E-state index in [0.717, 1.165) is 4.90 Å². The highest BCUT2D eigenvalue weighted by atomic mass is 19.4. The molecule has 1 saturated carbocycles. The summed E-state index contributed by atoms with van der Waals surface area (Å²) < 4.78 is 40.5. The number of benzene rings is 1. The lowest BCUT2D eigenvalue weighted by molar-refractivity contribution is -0.191. The van der Waals surface area contributed by atoms with Crippen molar-refractivity contribution < 1.29 is 27.6 Å². The first-order valence-corrected chi connectivity index (χ1v) is 11.0. The number of amides is 3. The van der Waals surface area contributed by atoms with E-state index in [1.807, 2.05) is 0 Å². The maximum Gasteiger partial charge on any atom is 0.392 e. The van der Waals surface area contributed by atoms with Crippen molar-refractivity contribution in [1.82, 2.24) is 9.88 Å². The maximum absolute atomic E-state index is 13.5. The normalized spacial score (nSPS) is 21.1. The van der Waals surface area contributed by atoms with E-state index < -0.39 is 54.1 Å². The van der Waals surface area contributed by atoms with Gasteiger partial charge < -0.3 is 10.6 Å². The van der Waals surface area contributed by atoms with Gasteiger partial charge in [0.05, 0.1) is 11.8 Å². The van der Waals surface area contributed by atoms with Gasteiger partial charge in [0.25, 0.3) is 5.91 Å². The summed E-state index contributed by atoms with van der Waals surface area (Å²) in [6, 6.07) is 10.6. The third-order valence-corrected chi connectivity index (χ3v) is 6.52. The number of pyridine rings is 1. The lowest BCUT2D eigenvalue weighted by Crippen LogP contribution is -2.69. The molecule has 1 aliphatic carbocycles. The zero-order chi connectivity index (χ0) is 24.6. The minimum absolute atomic E-state index is 0.111. The molecule has 1 aromatic carbocycles. The monoisotopic (exact) mass is 474 g/mol. The number of carbonyl (C=O) groups is 3. The minimum atomic E-state index is -4.54. The second kappa shape index (κ2) is 9.08. The molecule has 4 rings (SSSR count). The highest BCUT2D eigenvalue weighted by molar-refractivity contribution is 6.12. The van der Waals surface area contributed by atoms with Gasteiger partial charge >= 0.3 is 6.18 Å². The van der Waals surface area contributed by atoms with Crippen molar-refractivity contribution in [3.05, 3.63) is 54.2 Å². The van der Waals surface area contributed by atoms with Crippen LogP contribution in [0.15, 0.2) is 48.7 Å². The predicted octanol–water partition coefficient (Wildman–Crippen LogP) is 3.20. The van der Waals surface area contributed by atoms with Crippen LogP contribution in [-0.2, 0) is 20.8 Å². The summed E-state index contributed by atoms with van der Waals surface area (Å²) in [6.07, 6.45) is -3.01. The summed E-state index contributed by atoms with van der Waals surface area (Å²) in [5.41, 5.74) is 6.89. The van der Waals surface area contributed by atoms with Gasteiger partial charge in [-0.1, -0.05) is 18.2 Å². The second-order valence-electron chi connectivity index (χ2n) is 8.87. The lowest BCUT2D eigenvalue weighted by Gasteiger charge is -2.46. The van der Waals surface area contributed by atoms with E-state index in [1.54, 1.807) is 42.5 Å². The zero-order valence-corrected chi connectivity index (χ0v) is 18.5. The SMILES string of the molecule is CN(C(=O)[C@@H]1[C@@H](Cc2ccnc(N)c2)C(=O)N1C(=O)C[C@@H](C1CC1)C(F)(F)F)c1ccccc1. The van der Waals surface area contributed by atoms with Crippen LogP contribution in [0.1, 0.15) is 24.8 Å². The van der Waals surface area contributed by atoms with Gasteiger partial charge in [0.2, 0.25) is 11.8 Å². The number of para-hydroxylation sites is 1. The third kappa shape index (κ3) is 4.76. The summed E-state index contributed by atoms with van der Waals surface area (Å²) in [5, 5.41) is 0. The number of β-lactam (4-membered cyclic amide) rings is 1. The Bertz CT molecular complexity index is 1090. The van der Waals surface area contributed by atoms with Gasteiger partial charge in [-0.05, 0) is 55.0 Å². The predicted molar refractivity (Wildman–Crippen MR) is 118 cm³/mol. The number of halogens is 3. The Kier molecular flexibility index (Phi) is 6.33. The molecule has 1 saturated heterocycles. The fraction of sp³-hybridized carbons (Fsp3) is 0.417. The largest absolute Gasteiger partial charge is 0.392 e. The number of likely N-dealkylation sites (tertiary alicyclic amines) is 1. The molecule has 1 aromatic heterocycles. The number of nitrogen functional groups attached to an aromatic ring is 1. The molecular formula is C24H25F3N4O3. The van der Waals surface area contributed by atoms with Gasteiger partial charge in [-0.25, -0.2) is 4.98 Å². The van der Waals surface area contributed by atoms with Crippen LogP contribution in [0, 0.1) is 17.8 Å². The van der Waals surface area contributed by atoms with Crippen molar-refractivity contribution in [1.29, 1.82) is 0 Å². The van der Waals surface area contributed by atoms with Gasteiger partial charge in [0.15, 0.2) is 0 Å². The minimum Gasteiger partial charge on any atom is -0.384 e. The molecule has 0 unspecified atom stereocenters. The molecule has 0 radical (unpaired) electrons. The maximum atomic E-state index is 13.5. The Balaban J connectivity index is 1.59. The Morgan fingerprint density at radius 1 is 1.21 bits per heavy atom. The number of nitrogens with zero attached hydrogens (tertiary/aromatic N) is 3. The molecule has 1 aliphatic heterocycles. The number of alkyl halides is 3. The van der Waals surface area contributed by atoms with E-state index in [0.29, 0.717) is 24.1 Å². The van der Waals surface area contributed by atoms with E-state index >= 15 is 0 Å². The average molecular weight is 474 g/mol. The van der Waals surface area contributed by atoms with E-state index in [4.69, 9.17) is 5.73 Å². The Hall–Kier alpha value is -3.43. The lowest BCUT2D eigenvalue weighted by atomic mass is 9.80. The van der Waals surface area contributed by atoms with Crippen LogP contribution < -0.4 is 10.6 Å². The molecular weight excluding hydrogens is 449 g/mol. The molecule has 3 atom stereocenters.